The van der Waals surface area contributed by atoms with Crippen molar-refractivity contribution >= 4 is 5.96 Å². The van der Waals surface area contributed by atoms with Crippen molar-refractivity contribution in [2.75, 3.05) is 41.0 Å². The maximum absolute atomic E-state index is 10.6. The van der Waals surface area contributed by atoms with E-state index in [1.165, 1.54) is 5.56 Å². The van der Waals surface area contributed by atoms with E-state index in [0.717, 1.165) is 25.3 Å². The van der Waals surface area contributed by atoms with Crippen LogP contribution in [-0.4, -0.2) is 52.0 Å². The standard InChI is InChI=1S/C22H31N3O4/c1-5-23-22(24-13-12-16-6-8-17(27-2)9-7-16)25-15-20(26)19-14-18(28-3)10-11-21(19)29-4/h6-11,14,20,26H,5,12-13,15H2,1-4H3,(H2,23,24,25). The first-order valence-electron chi connectivity index (χ1n) is 9.66. The van der Waals surface area contributed by atoms with E-state index in [0.29, 0.717) is 23.0 Å². The molecule has 158 valence electrons. The minimum atomic E-state index is -0.808. The second kappa shape index (κ2) is 11.8. The van der Waals surface area contributed by atoms with Gasteiger partial charge in [0.05, 0.1) is 27.9 Å². The number of ether oxygens (including phenoxy) is 3. The van der Waals surface area contributed by atoms with Crippen LogP contribution in [0.5, 0.6) is 17.2 Å². The molecule has 7 heteroatoms. The fourth-order valence-electron chi connectivity index (χ4n) is 2.84. The number of aliphatic imine (C=N–C) groups is 1. The zero-order chi connectivity index (χ0) is 21.1. The Morgan fingerprint density at radius 1 is 0.966 bits per heavy atom. The lowest BCUT2D eigenvalue weighted by atomic mass is 10.1. The molecule has 0 saturated carbocycles. The molecule has 2 aromatic rings. The molecular formula is C22H31N3O4. The summed E-state index contributed by atoms with van der Waals surface area (Å²) in [7, 11) is 4.82. The first kappa shape index (κ1) is 22.4. The Labute approximate surface area is 172 Å². The van der Waals surface area contributed by atoms with Crippen LogP contribution in [0.2, 0.25) is 0 Å². The van der Waals surface area contributed by atoms with Gasteiger partial charge < -0.3 is 30.0 Å². The molecule has 2 rings (SSSR count). The van der Waals surface area contributed by atoms with Crippen LogP contribution in [0.4, 0.5) is 0 Å². The molecular weight excluding hydrogens is 370 g/mol. The Morgan fingerprint density at radius 3 is 2.28 bits per heavy atom. The van der Waals surface area contributed by atoms with E-state index < -0.39 is 6.10 Å². The molecule has 29 heavy (non-hydrogen) atoms. The van der Waals surface area contributed by atoms with Crippen LogP contribution in [0.25, 0.3) is 0 Å². The van der Waals surface area contributed by atoms with Crippen molar-refractivity contribution in [1.29, 1.82) is 0 Å². The predicted molar refractivity (Wildman–Crippen MR) is 115 cm³/mol. The summed E-state index contributed by atoms with van der Waals surface area (Å²) in [6.45, 7) is 3.65. The highest BCUT2D eigenvalue weighted by atomic mass is 16.5. The van der Waals surface area contributed by atoms with Gasteiger partial charge in [-0.05, 0) is 49.2 Å². The van der Waals surface area contributed by atoms with E-state index in [9.17, 15) is 5.11 Å². The van der Waals surface area contributed by atoms with E-state index in [4.69, 9.17) is 14.2 Å². The average Bonchev–Trinajstić information content (AvgIpc) is 2.77. The fraction of sp³-hybridized carbons (Fsp3) is 0.409. The number of benzene rings is 2. The van der Waals surface area contributed by atoms with Gasteiger partial charge in [-0.3, -0.25) is 4.99 Å². The Morgan fingerprint density at radius 2 is 1.66 bits per heavy atom. The summed E-state index contributed by atoms with van der Waals surface area (Å²) in [4.78, 5) is 4.51. The van der Waals surface area contributed by atoms with Crippen molar-refractivity contribution in [3.05, 3.63) is 53.6 Å². The topological polar surface area (TPSA) is 84.3 Å². The minimum Gasteiger partial charge on any atom is -0.497 e. The van der Waals surface area contributed by atoms with Crippen LogP contribution in [0, 0.1) is 0 Å². The van der Waals surface area contributed by atoms with Gasteiger partial charge in [0, 0.05) is 18.7 Å². The van der Waals surface area contributed by atoms with Crippen molar-refractivity contribution in [2.45, 2.75) is 19.4 Å². The van der Waals surface area contributed by atoms with Gasteiger partial charge in [-0.25, -0.2) is 0 Å². The molecule has 0 fully saturated rings. The van der Waals surface area contributed by atoms with Gasteiger partial charge in [0.2, 0.25) is 0 Å². The lowest BCUT2D eigenvalue weighted by molar-refractivity contribution is 0.182. The maximum atomic E-state index is 10.6. The molecule has 0 aromatic heterocycles. The predicted octanol–water partition coefficient (Wildman–Crippen LogP) is 2.54. The normalized spacial score (nSPS) is 12.2. The van der Waals surface area contributed by atoms with Gasteiger partial charge in [0.15, 0.2) is 5.96 Å². The monoisotopic (exact) mass is 401 g/mol. The SMILES string of the molecule is CCNC(=NCC(O)c1cc(OC)ccc1OC)NCCc1ccc(OC)cc1. The van der Waals surface area contributed by atoms with E-state index in [1.807, 2.05) is 31.2 Å². The average molecular weight is 402 g/mol. The van der Waals surface area contributed by atoms with E-state index in [2.05, 4.69) is 15.6 Å². The molecule has 1 atom stereocenters. The van der Waals surface area contributed by atoms with Gasteiger partial charge in [0.25, 0.3) is 0 Å². The maximum Gasteiger partial charge on any atom is 0.191 e. The zero-order valence-corrected chi connectivity index (χ0v) is 17.6. The molecule has 0 heterocycles. The summed E-state index contributed by atoms with van der Waals surface area (Å²) in [6.07, 6.45) is 0.0396. The highest BCUT2D eigenvalue weighted by Crippen LogP contribution is 2.29. The Kier molecular flexibility index (Phi) is 9.11. The molecule has 0 saturated heterocycles. The second-order valence-corrected chi connectivity index (χ2v) is 6.37. The van der Waals surface area contributed by atoms with Crippen LogP contribution in [-0.2, 0) is 6.42 Å². The van der Waals surface area contributed by atoms with Gasteiger partial charge in [-0.15, -0.1) is 0 Å². The molecule has 0 aliphatic carbocycles. The van der Waals surface area contributed by atoms with Gasteiger partial charge in [-0.2, -0.15) is 0 Å². The summed E-state index contributed by atoms with van der Waals surface area (Å²) < 4.78 is 15.8. The molecule has 1 unspecified atom stereocenters. The van der Waals surface area contributed by atoms with Crippen LogP contribution in [0.15, 0.2) is 47.5 Å². The minimum absolute atomic E-state index is 0.196. The van der Waals surface area contributed by atoms with Gasteiger partial charge >= 0.3 is 0 Å². The van der Waals surface area contributed by atoms with Crippen LogP contribution < -0.4 is 24.8 Å². The van der Waals surface area contributed by atoms with Crippen molar-refractivity contribution in [3.63, 3.8) is 0 Å². The number of hydrogen-bond acceptors (Lipinski definition) is 5. The zero-order valence-electron chi connectivity index (χ0n) is 17.6. The summed E-state index contributed by atoms with van der Waals surface area (Å²) >= 11 is 0. The summed E-state index contributed by atoms with van der Waals surface area (Å²) in [5.41, 5.74) is 1.85. The number of aliphatic hydroxyl groups excluding tert-OH is 1. The smallest absolute Gasteiger partial charge is 0.191 e. The number of methoxy groups -OCH3 is 3. The van der Waals surface area contributed by atoms with E-state index >= 15 is 0 Å². The lowest BCUT2D eigenvalue weighted by Gasteiger charge is -2.16. The van der Waals surface area contributed by atoms with E-state index in [-0.39, 0.29) is 6.54 Å². The molecule has 7 nitrogen and oxygen atoms in total. The highest BCUT2D eigenvalue weighted by molar-refractivity contribution is 5.79. The first-order chi connectivity index (χ1) is 14.1. The van der Waals surface area contributed by atoms with Gasteiger partial charge in [-0.1, -0.05) is 12.1 Å². The lowest BCUT2D eigenvalue weighted by Crippen LogP contribution is -2.38. The third-order valence-electron chi connectivity index (χ3n) is 4.43. The van der Waals surface area contributed by atoms with Crippen molar-refractivity contribution in [1.82, 2.24) is 10.6 Å². The third-order valence-corrected chi connectivity index (χ3v) is 4.43. The molecule has 3 N–H and O–H groups in total. The number of rotatable bonds is 10. The number of aliphatic hydroxyl groups is 1. The van der Waals surface area contributed by atoms with E-state index in [1.54, 1.807) is 39.5 Å². The van der Waals surface area contributed by atoms with Crippen molar-refractivity contribution < 1.29 is 19.3 Å². The van der Waals surface area contributed by atoms with Crippen LogP contribution >= 0.6 is 0 Å². The van der Waals surface area contributed by atoms with Crippen LogP contribution in [0.3, 0.4) is 0 Å². The largest absolute Gasteiger partial charge is 0.497 e. The molecule has 0 aliphatic heterocycles. The fourth-order valence-corrected chi connectivity index (χ4v) is 2.84. The van der Waals surface area contributed by atoms with Crippen LogP contribution in [0.1, 0.15) is 24.2 Å². The quantitative estimate of drug-likeness (QED) is 0.419. The Balaban J connectivity index is 1.96. The third kappa shape index (κ3) is 6.87. The molecule has 0 amide bonds. The Hall–Kier alpha value is -2.93. The van der Waals surface area contributed by atoms with Gasteiger partial charge in [0.1, 0.15) is 23.4 Å². The summed E-state index contributed by atoms with van der Waals surface area (Å²) in [5, 5.41) is 17.1. The Bertz CT molecular complexity index is 778. The molecule has 0 aliphatic rings. The molecule has 0 bridgehead atoms. The number of nitrogens with one attached hydrogen (secondary N) is 2. The van der Waals surface area contributed by atoms with Crippen molar-refractivity contribution in [2.24, 2.45) is 4.99 Å². The van der Waals surface area contributed by atoms with Crippen molar-refractivity contribution in [3.8, 4) is 17.2 Å². The first-order valence-corrected chi connectivity index (χ1v) is 9.66. The molecule has 0 radical (unpaired) electrons. The second-order valence-electron chi connectivity index (χ2n) is 6.37. The summed E-state index contributed by atoms with van der Waals surface area (Å²) in [5.74, 6) is 2.76. The molecule has 2 aromatic carbocycles. The highest BCUT2D eigenvalue weighted by Gasteiger charge is 2.14. The number of hydrogen-bond donors (Lipinski definition) is 3. The summed E-state index contributed by atoms with van der Waals surface area (Å²) in [6, 6.07) is 13.3. The molecule has 0 spiro atoms. The number of nitrogens with zero attached hydrogens (tertiary/aromatic N) is 1. The number of guanidine groups is 1.